The summed E-state index contributed by atoms with van der Waals surface area (Å²) >= 11 is 5.14. The first-order valence-corrected chi connectivity index (χ1v) is 7.07. The quantitative estimate of drug-likeness (QED) is 0.745. The van der Waals surface area contributed by atoms with E-state index in [1.165, 1.54) is 26.4 Å². The highest BCUT2D eigenvalue weighted by atomic mass is 35.5. The van der Waals surface area contributed by atoms with E-state index in [1.807, 2.05) is 0 Å². The van der Waals surface area contributed by atoms with Gasteiger partial charge in [-0.05, 0) is 23.7 Å². The van der Waals surface area contributed by atoms with Crippen LogP contribution >= 0.6 is 11.6 Å². The molecule has 100 valence electrons. The first kappa shape index (κ1) is 14.8. The number of carbonyl (C=O) groups excluding carboxylic acids is 1. The molecule has 0 aliphatic heterocycles. The highest BCUT2D eigenvalue weighted by molar-refractivity contribution is 7.91. The van der Waals surface area contributed by atoms with Gasteiger partial charge in [0.05, 0.1) is 20.0 Å². The lowest BCUT2D eigenvalue weighted by Crippen LogP contribution is -2.10. The van der Waals surface area contributed by atoms with Crippen LogP contribution in [0.25, 0.3) is 0 Å². The normalized spacial score (nSPS) is 11.1. The third kappa shape index (κ3) is 3.61. The molecule has 18 heavy (non-hydrogen) atoms. The molecule has 0 aromatic heterocycles. The van der Waals surface area contributed by atoms with Crippen molar-refractivity contribution in [2.45, 2.75) is 11.3 Å². The Kier molecular flexibility index (Phi) is 4.98. The van der Waals surface area contributed by atoms with Gasteiger partial charge in [-0.3, -0.25) is 4.79 Å². The molecule has 0 unspecified atom stereocenters. The van der Waals surface area contributed by atoms with Gasteiger partial charge in [-0.25, -0.2) is 8.42 Å². The first-order chi connectivity index (χ1) is 8.40. The molecule has 0 saturated heterocycles. The van der Waals surface area contributed by atoms with Gasteiger partial charge in [0, 0.05) is 12.5 Å². The van der Waals surface area contributed by atoms with Crippen LogP contribution in [0.5, 0.6) is 11.5 Å². The number of benzene rings is 1. The van der Waals surface area contributed by atoms with E-state index in [0.717, 1.165) is 0 Å². The van der Waals surface area contributed by atoms with Crippen LogP contribution in [0.3, 0.4) is 0 Å². The molecule has 0 amide bonds. The van der Waals surface area contributed by atoms with Gasteiger partial charge in [0.15, 0.2) is 9.84 Å². The lowest BCUT2D eigenvalue weighted by atomic mass is 10.3. The standard InChI is InChI=1S/C11H13ClO5S/c1-16-8-3-4-9(17-2)10(7-8)18(14,15)6-5-11(12)13/h3-4,7H,5-6H2,1-2H3. The fraction of sp³-hybridized carbons (Fsp3) is 0.364. The number of ether oxygens (including phenoxy) is 2. The lowest BCUT2D eigenvalue weighted by molar-refractivity contribution is -0.111. The van der Waals surface area contributed by atoms with Gasteiger partial charge < -0.3 is 9.47 Å². The Morgan fingerprint density at radius 3 is 2.44 bits per heavy atom. The molecule has 5 nitrogen and oxygen atoms in total. The molecular weight excluding hydrogens is 280 g/mol. The maximum absolute atomic E-state index is 12.0. The zero-order chi connectivity index (χ0) is 13.8. The van der Waals surface area contributed by atoms with Crippen molar-refractivity contribution in [3.8, 4) is 11.5 Å². The Balaban J connectivity index is 3.16. The van der Waals surface area contributed by atoms with Crippen molar-refractivity contribution < 1.29 is 22.7 Å². The van der Waals surface area contributed by atoms with Crippen LogP contribution in [-0.2, 0) is 14.6 Å². The van der Waals surface area contributed by atoms with E-state index in [4.69, 9.17) is 21.1 Å². The summed E-state index contributed by atoms with van der Waals surface area (Å²) < 4.78 is 34.0. The first-order valence-electron chi connectivity index (χ1n) is 5.04. The van der Waals surface area contributed by atoms with Crippen molar-refractivity contribution in [2.24, 2.45) is 0 Å². The van der Waals surface area contributed by atoms with Gasteiger partial charge in [-0.2, -0.15) is 0 Å². The molecule has 0 aliphatic carbocycles. The second-order valence-electron chi connectivity index (χ2n) is 3.44. The molecule has 0 heterocycles. The minimum Gasteiger partial charge on any atom is -0.497 e. The Hall–Kier alpha value is -1.27. The number of hydrogen-bond donors (Lipinski definition) is 0. The maximum Gasteiger partial charge on any atom is 0.222 e. The predicted octanol–water partition coefficient (Wildman–Crippen LogP) is 1.63. The summed E-state index contributed by atoms with van der Waals surface area (Å²) in [5, 5.41) is -0.694. The molecule has 1 aromatic rings. The topological polar surface area (TPSA) is 69.7 Å². The van der Waals surface area contributed by atoms with E-state index >= 15 is 0 Å². The molecule has 0 aliphatic rings. The van der Waals surface area contributed by atoms with Crippen molar-refractivity contribution in [3.05, 3.63) is 18.2 Å². The Labute approximate surface area is 111 Å². The van der Waals surface area contributed by atoms with Gasteiger partial charge in [0.25, 0.3) is 0 Å². The Morgan fingerprint density at radius 2 is 1.94 bits per heavy atom. The van der Waals surface area contributed by atoms with Crippen molar-refractivity contribution in [1.29, 1.82) is 0 Å². The van der Waals surface area contributed by atoms with Gasteiger partial charge >= 0.3 is 0 Å². The molecule has 7 heteroatoms. The average Bonchev–Trinajstić information content (AvgIpc) is 2.35. The molecule has 0 N–H and O–H groups in total. The van der Waals surface area contributed by atoms with Gasteiger partial charge in [-0.1, -0.05) is 0 Å². The number of methoxy groups -OCH3 is 2. The largest absolute Gasteiger partial charge is 0.497 e. The smallest absolute Gasteiger partial charge is 0.222 e. The third-order valence-electron chi connectivity index (χ3n) is 2.27. The second kappa shape index (κ2) is 6.06. The zero-order valence-electron chi connectivity index (χ0n) is 9.97. The van der Waals surface area contributed by atoms with Crippen LogP contribution in [0, 0.1) is 0 Å². The van der Waals surface area contributed by atoms with Gasteiger partial charge in [-0.15, -0.1) is 0 Å². The summed E-state index contributed by atoms with van der Waals surface area (Å²) in [6.45, 7) is 0. The molecule has 0 atom stereocenters. The number of rotatable bonds is 6. The van der Waals surface area contributed by atoms with Crippen LogP contribution in [0.1, 0.15) is 6.42 Å². The minimum atomic E-state index is -3.64. The molecule has 0 fully saturated rings. The van der Waals surface area contributed by atoms with E-state index < -0.39 is 15.1 Å². The Bertz CT molecular complexity index is 538. The van der Waals surface area contributed by atoms with E-state index in [2.05, 4.69) is 0 Å². The SMILES string of the molecule is COc1ccc(OC)c(S(=O)(=O)CCC(=O)Cl)c1. The van der Waals surface area contributed by atoms with Crippen LogP contribution in [0.15, 0.2) is 23.1 Å². The highest BCUT2D eigenvalue weighted by Crippen LogP contribution is 2.29. The molecule has 0 spiro atoms. The number of sulfone groups is 1. The Morgan fingerprint density at radius 1 is 1.28 bits per heavy atom. The van der Waals surface area contributed by atoms with Crippen molar-refractivity contribution >= 4 is 26.7 Å². The molecule has 0 saturated carbocycles. The number of hydrogen-bond acceptors (Lipinski definition) is 5. The van der Waals surface area contributed by atoms with Crippen molar-refractivity contribution in [3.63, 3.8) is 0 Å². The molecule has 1 aromatic carbocycles. The minimum absolute atomic E-state index is 0.0118. The fourth-order valence-electron chi connectivity index (χ4n) is 1.35. The lowest BCUT2D eigenvalue weighted by Gasteiger charge is -2.10. The van der Waals surface area contributed by atoms with E-state index in [0.29, 0.717) is 5.75 Å². The van der Waals surface area contributed by atoms with Crippen LogP contribution in [0.2, 0.25) is 0 Å². The van der Waals surface area contributed by atoms with Crippen LogP contribution in [-0.4, -0.2) is 33.6 Å². The number of carbonyl (C=O) groups is 1. The predicted molar refractivity (Wildman–Crippen MR) is 67.1 cm³/mol. The summed E-state index contributed by atoms with van der Waals surface area (Å²) in [6, 6.07) is 4.44. The highest BCUT2D eigenvalue weighted by Gasteiger charge is 2.21. The van der Waals surface area contributed by atoms with Crippen LogP contribution < -0.4 is 9.47 Å². The van der Waals surface area contributed by atoms with Crippen molar-refractivity contribution in [1.82, 2.24) is 0 Å². The molecule has 0 bridgehead atoms. The second-order valence-corrected chi connectivity index (χ2v) is 5.94. The summed E-state index contributed by atoms with van der Waals surface area (Å²) in [7, 11) is -0.841. The summed E-state index contributed by atoms with van der Waals surface area (Å²) in [4.78, 5) is 10.6. The van der Waals surface area contributed by atoms with E-state index in [1.54, 1.807) is 6.07 Å². The zero-order valence-corrected chi connectivity index (χ0v) is 11.5. The number of halogens is 1. The third-order valence-corrected chi connectivity index (χ3v) is 4.19. The monoisotopic (exact) mass is 292 g/mol. The summed E-state index contributed by atoms with van der Waals surface area (Å²) in [5.41, 5.74) is 0. The molecule has 0 radical (unpaired) electrons. The summed E-state index contributed by atoms with van der Waals surface area (Å²) in [6.07, 6.45) is -0.246. The fourth-order valence-corrected chi connectivity index (χ4v) is 2.99. The van der Waals surface area contributed by atoms with Crippen LogP contribution in [0.4, 0.5) is 0 Å². The summed E-state index contributed by atoms with van der Waals surface area (Å²) in [5.74, 6) is 0.239. The molecule has 1 rings (SSSR count). The van der Waals surface area contributed by atoms with Gasteiger partial charge in [0.1, 0.15) is 16.4 Å². The van der Waals surface area contributed by atoms with Crippen molar-refractivity contribution in [2.75, 3.05) is 20.0 Å². The molecular formula is C11H13ClO5S. The van der Waals surface area contributed by atoms with E-state index in [-0.39, 0.29) is 22.8 Å². The maximum atomic E-state index is 12.0. The van der Waals surface area contributed by atoms with Gasteiger partial charge in [0.2, 0.25) is 5.24 Å². The van der Waals surface area contributed by atoms with E-state index in [9.17, 15) is 13.2 Å². The average molecular weight is 293 g/mol.